The summed E-state index contributed by atoms with van der Waals surface area (Å²) in [6.07, 6.45) is 1.64. The second-order valence-electron chi connectivity index (χ2n) is 5.81. The smallest absolute Gasteiger partial charge is 0.271 e. The van der Waals surface area contributed by atoms with Gasteiger partial charge in [0, 0.05) is 10.6 Å². The highest BCUT2D eigenvalue weighted by molar-refractivity contribution is 6.30. The molecule has 0 saturated heterocycles. The number of methoxy groups -OCH3 is 1. The molecule has 0 spiro atoms. The molecule has 5 heteroatoms. The highest BCUT2D eigenvalue weighted by Gasteiger charge is 2.10. The number of hydrogen-bond donors (Lipinski definition) is 1. The predicted octanol–water partition coefficient (Wildman–Crippen LogP) is 4.54. The van der Waals surface area contributed by atoms with Crippen LogP contribution < -0.4 is 10.2 Å². The van der Waals surface area contributed by atoms with Crippen LogP contribution in [0, 0.1) is 6.92 Å². The van der Waals surface area contributed by atoms with Gasteiger partial charge in [-0.3, -0.25) is 4.79 Å². The van der Waals surface area contributed by atoms with Crippen LogP contribution in [0.5, 0.6) is 5.75 Å². The molecule has 0 aliphatic heterocycles. The van der Waals surface area contributed by atoms with Crippen LogP contribution in [-0.2, 0) is 0 Å². The van der Waals surface area contributed by atoms with Gasteiger partial charge in [-0.15, -0.1) is 0 Å². The molecule has 0 aliphatic rings. The molecule has 2 rings (SSSR count). The number of benzene rings is 2. The van der Waals surface area contributed by atoms with Crippen molar-refractivity contribution in [3.63, 3.8) is 0 Å². The number of amides is 1. The second kappa shape index (κ2) is 7.97. The van der Waals surface area contributed by atoms with Gasteiger partial charge in [0.15, 0.2) is 0 Å². The summed E-state index contributed by atoms with van der Waals surface area (Å²) in [5.74, 6) is 0.889. The zero-order chi connectivity index (χ0) is 17.7. The van der Waals surface area contributed by atoms with Gasteiger partial charge in [-0.2, -0.15) is 5.10 Å². The maximum atomic E-state index is 12.0. The maximum Gasteiger partial charge on any atom is 0.271 e. The molecular weight excluding hydrogens is 324 g/mol. The van der Waals surface area contributed by atoms with Gasteiger partial charge >= 0.3 is 0 Å². The van der Waals surface area contributed by atoms with Crippen LogP contribution in [0.3, 0.4) is 0 Å². The molecule has 0 saturated carbocycles. The summed E-state index contributed by atoms with van der Waals surface area (Å²) in [6, 6.07) is 10.7. The van der Waals surface area contributed by atoms with Crippen LogP contribution >= 0.6 is 11.6 Å². The Balaban J connectivity index is 2.17. The topological polar surface area (TPSA) is 50.7 Å². The van der Waals surface area contributed by atoms with Gasteiger partial charge in [0.05, 0.1) is 13.3 Å². The number of aryl methyl sites for hydroxylation is 1. The summed E-state index contributed by atoms with van der Waals surface area (Å²) in [6.45, 7) is 6.19. The van der Waals surface area contributed by atoms with Crippen LogP contribution in [-0.4, -0.2) is 19.2 Å². The Morgan fingerprint density at radius 2 is 2.04 bits per heavy atom. The molecule has 0 unspecified atom stereocenters. The highest BCUT2D eigenvalue weighted by atomic mass is 35.5. The Hall–Kier alpha value is -2.33. The van der Waals surface area contributed by atoms with E-state index >= 15 is 0 Å². The summed E-state index contributed by atoms with van der Waals surface area (Å²) in [4.78, 5) is 12.0. The van der Waals surface area contributed by atoms with Gasteiger partial charge in [-0.25, -0.2) is 5.43 Å². The van der Waals surface area contributed by atoms with E-state index in [1.165, 1.54) is 0 Å². The van der Waals surface area contributed by atoms with Gasteiger partial charge < -0.3 is 4.74 Å². The minimum Gasteiger partial charge on any atom is -0.496 e. The summed E-state index contributed by atoms with van der Waals surface area (Å²) in [7, 11) is 1.67. The molecule has 0 radical (unpaired) electrons. The largest absolute Gasteiger partial charge is 0.496 e. The Bertz CT molecular complexity index is 770. The Kier molecular flexibility index (Phi) is 5.99. The molecule has 2 aromatic rings. The number of carbonyl (C=O) groups is 1. The fourth-order valence-corrected chi connectivity index (χ4v) is 2.53. The summed E-state index contributed by atoms with van der Waals surface area (Å²) < 4.78 is 5.43. The number of nitrogens with zero attached hydrogens (tertiary/aromatic N) is 1. The third-order valence-electron chi connectivity index (χ3n) is 3.70. The van der Waals surface area contributed by atoms with Crippen LogP contribution in [0.2, 0.25) is 5.02 Å². The third-order valence-corrected chi connectivity index (χ3v) is 3.93. The second-order valence-corrected chi connectivity index (χ2v) is 6.25. The van der Waals surface area contributed by atoms with Crippen LogP contribution in [0.25, 0.3) is 0 Å². The minimum absolute atomic E-state index is 0.302. The molecule has 2 aromatic carbocycles. The lowest BCUT2D eigenvalue weighted by atomic mass is 9.97. The van der Waals surface area contributed by atoms with Gasteiger partial charge in [0.1, 0.15) is 5.75 Å². The van der Waals surface area contributed by atoms with Crippen molar-refractivity contribution in [2.75, 3.05) is 7.11 Å². The van der Waals surface area contributed by atoms with Gasteiger partial charge in [-0.05, 0) is 59.9 Å². The number of hydrazone groups is 1. The molecule has 0 aromatic heterocycles. The first-order chi connectivity index (χ1) is 11.4. The first kappa shape index (κ1) is 18.0. The van der Waals surface area contributed by atoms with Crippen molar-refractivity contribution < 1.29 is 9.53 Å². The average Bonchev–Trinajstić information content (AvgIpc) is 2.55. The number of ether oxygens (including phenoxy) is 1. The van der Waals surface area contributed by atoms with E-state index in [9.17, 15) is 4.79 Å². The van der Waals surface area contributed by atoms with Crippen LogP contribution in [0.1, 0.15) is 46.8 Å². The standard InChI is InChI=1S/C19H21ClN2O2/c1-12(2)17-10-15(13(3)8-18(17)24-4)11-21-22-19(23)14-6-5-7-16(20)9-14/h5-12H,1-4H3,(H,22,23)/b21-11-. The fourth-order valence-electron chi connectivity index (χ4n) is 2.34. The van der Waals surface area contributed by atoms with E-state index in [1.54, 1.807) is 37.6 Å². The third kappa shape index (κ3) is 4.36. The van der Waals surface area contributed by atoms with Crippen molar-refractivity contribution in [3.05, 3.63) is 63.7 Å². The predicted molar refractivity (Wildman–Crippen MR) is 98.3 cm³/mol. The molecule has 0 atom stereocenters. The molecule has 0 heterocycles. The minimum atomic E-state index is -0.302. The molecule has 0 bridgehead atoms. The number of nitrogens with one attached hydrogen (secondary N) is 1. The molecule has 0 fully saturated rings. The normalized spacial score (nSPS) is 11.1. The van der Waals surface area contributed by atoms with Crippen molar-refractivity contribution in [1.29, 1.82) is 0 Å². The van der Waals surface area contributed by atoms with Gasteiger partial charge in [0.2, 0.25) is 0 Å². The van der Waals surface area contributed by atoms with Crippen molar-refractivity contribution >= 4 is 23.7 Å². The SMILES string of the molecule is COc1cc(C)c(/C=N\NC(=O)c2cccc(Cl)c2)cc1C(C)C. The zero-order valence-corrected chi connectivity index (χ0v) is 15.0. The first-order valence-corrected chi connectivity index (χ1v) is 8.07. The van der Waals surface area contributed by atoms with Crippen LogP contribution in [0.4, 0.5) is 0 Å². The van der Waals surface area contributed by atoms with E-state index in [2.05, 4.69) is 24.4 Å². The highest BCUT2D eigenvalue weighted by Crippen LogP contribution is 2.29. The lowest BCUT2D eigenvalue weighted by molar-refractivity contribution is 0.0955. The number of carbonyl (C=O) groups excluding carboxylic acids is 1. The summed E-state index contributed by atoms with van der Waals surface area (Å²) >= 11 is 5.88. The Morgan fingerprint density at radius 3 is 2.67 bits per heavy atom. The molecule has 1 N–H and O–H groups in total. The van der Waals surface area contributed by atoms with E-state index in [4.69, 9.17) is 16.3 Å². The van der Waals surface area contributed by atoms with Gasteiger partial charge in [-0.1, -0.05) is 31.5 Å². The number of rotatable bonds is 5. The number of halogens is 1. The average molecular weight is 345 g/mol. The Labute approximate surface area is 147 Å². The van der Waals surface area contributed by atoms with E-state index in [1.807, 2.05) is 19.1 Å². The van der Waals surface area contributed by atoms with Crippen LogP contribution in [0.15, 0.2) is 41.5 Å². The van der Waals surface area contributed by atoms with E-state index in [0.29, 0.717) is 16.5 Å². The summed E-state index contributed by atoms with van der Waals surface area (Å²) in [5, 5.41) is 4.57. The number of hydrogen-bond acceptors (Lipinski definition) is 3. The molecule has 0 aliphatic carbocycles. The summed E-state index contributed by atoms with van der Waals surface area (Å²) in [5.41, 5.74) is 6.05. The molecular formula is C19H21ClN2O2. The van der Waals surface area contributed by atoms with Crippen molar-refractivity contribution in [1.82, 2.24) is 5.43 Å². The van der Waals surface area contributed by atoms with E-state index < -0.39 is 0 Å². The zero-order valence-electron chi connectivity index (χ0n) is 14.3. The maximum absolute atomic E-state index is 12.0. The first-order valence-electron chi connectivity index (χ1n) is 7.70. The molecule has 126 valence electrons. The van der Waals surface area contributed by atoms with E-state index in [0.717, 1.165) is 22.4 Å². The molecule has 1 amide bonds. The molecule has 24 heavy (non-hydrogen) atoms. The lowest BCUT2D eigenvalue weighted by Gasteiger charge is -2.14. The molecule has 4 nitrogen and oxygen atoms in total. The lowest BCUT2D eigenvalue weighted by Crippen LogP contribution is -2.17. The Morgan fingerprint density at radius 1 is 1.29 bits per heavy atom. The quantitative estimate of drug-likeness (QED) is 0.639. The monoisotopic (exact) mass is 344 g/mol. The van der Waals surface area contributed by atoms with E-state index in [-0.39, 0.29) is 5.91 Å². The fraction of sp³-hybridized carbons (Fsp3) is 0.263. The van der Waals surface area contributed by atoms with Crippen molar-refractivity contribution in [2.24, 2.45) is 5.10 Å². The van der Waals surface area contributed by atoms with Crippen molar-refractivity contribution in [2.45, 2.75) is 26.7 Å². The van der Waals surface area contributed by atoms with Gasteiger partial charge in [0.25, 0.3) is 5.91 Å². The van der Waals surface area contributed by atoms with Crippen molar-refractivity contribution in [3.8, 4) is 5.75 Å².